The molecule has 0 saturated carbocycles. The molecule has 146 valence electrons. The highest BCUT2D eigenvalue weighted by Gasteiger charge is 2.49. The molecule has 0 unspecified atom stereocenters. The Labute approximate surface area is 157 Å². The van der Waals surface area contributed by atoms with Crippen LogP contribution in [0.25, 0.3) is 0 Å². The summed E-state index contributed by atoms with van der Waals surface area (Å²) in [5.41, 5.74) is -0.339. The Bertz CT molecular complexity index is 772. The molecule has 0 radical (unpaired) electrons. The number of aliphatic carboxylic acids is 1. The van der Waals surface area contributed by atoms with Gasteiger partial charge in [-0.05, 0) is 39.7 Å². The maximum Gasteiger partial charge on any atom is 0.325 e. The predicted molar refractivity (Wildman–Crippen MR) is 97.9 cm³/mol. The van der Waals surface area contributed by atoms with Crippen LogP contribution in [-0.2, 0) is 19.9 Å². The molecule has 1 fully saturated rings. The van der Waals surface area contributed by atoms with Gasteiger partial charge in [0.2, 0.25) is 5.91 Å². The van der Waals surface area contributed by atoms with Crippen LogP contribution in [0.4, 0.5) is 4.79 Å². The van der Waals surface area contributed by atoms with Crippen LogP contribution in [0, 0.1) is 6.92 Å². The monoisotopic (exact) mass is 375 g/mol. The number of carboxylic acids is 1. The number of aryl methyl sites for hydroxylation is 1. The number of carbonyl (C=O) groups is 4. The molecular formula is C19H25N3O5. The smallest absolute Gasteiger partial charge is 0.325 e. The van der Waals surface area contributed by atoms with Crippen molar-refractivity contribution < 1.29 is 24.3 Å². The number of nitrogens with zero attached hydrogens (tertiary/aromatic N) is 1. The standard InChI is InChI=1S/C19H25N3O5/c1-12-5-7-13(8-6-12)19(4)16(26)22(17(27)21-19)11-14(23)20-18(2,3)10-9-15(24)25/h5-8H,9-11H2,1-4H3,(H,20,23)(H,21,27)(H,24,25)/t19-/m0/s1. The molecule has 1 heterocycles. The van der Waals surface area contributed by atoms with E-state index in [0.29, 0.717) is 5.56 Å². The molecule has 1 aromatic rings. The second kappa shape index (κ2) is 7.38. The first-order valence-electron chi connectivity index (χ1n) is 8.69. The normalized spacial score (nSPS) is 19.8. The van der Waals surface area contributed by atoms with Gasteiger partial charge >= 0.3 is 12.0 Å². The van der Waals surface area contributed by atoms with Crippen LogP contribution in [0.1, 0.15) is 44.7 Å². The summed E-state index contributed by atoms with van der Waals surface area (Å²) in [6.07, 6.45) is 0.136. The molecule has 0 spiro atoms. The molecule has 0 aromatic heterocycles. The van der Waals surface area contributed by atoms with Gasteiger partial charge in [-0.2, -0.15) is 0 Å². The van der Waals surface area contributed by atoms with Crippen LogP contribution in [0.3, 0.4) is 0 Å². The van der Waals surface area contributed by atoms with Gasteiger partial charge in [0, 0.05) is 12.0 Å². The SMILES string of the molecule is Cc1ccc([C@]2(C)NC(=O)N(CC(=O)NC(C)(C)CCC(=O)O)C2=O)cc1. The second-order valence-electron chi connectivity index (χ2n) is 7.64. The highest BCUT2D eigenvalue weighted by atomic mass is 16.4. The number of urea groups is 1. The Morgan fingerprint density at radius 2 is 1.81 bits per heavy atom. The van der Waals surface area contributed by atoms with E-state index in [1.165, 1.54) is 0 Å². The fraction of sp³-hybridized carbons (Fsp3) is 0.474. The fourth-order valence-corrected chi connectivity index (χ4v) is 2.97. The van der Waals surface area contributed by atoms with Crippen molar-refractivity contribution >= 4 is 23.8 Å². The zero-order valence-corrected chi connectivity index (χ0v) is 16.0. The van der Waals surface area contributed by atoms with Crippen molar-refractivity contribution in [2.75, 3.05) is 6.54 Å². The zero-order chi connectivity index (χ0) is 20.4. The van der Waals surface area contributed by atoms with Crippen LogP contribution in [0.5, 0.6) is 0 Å². The number of hydrogen-bond donors (Lipinski definition) is 3. The summed E-state index contributed by atoms with van der Waals surface area (Å²) in [5.74, 6) is -1.99. The molecule has 4 amide bonds. The second-order valence-corrected chi connectivity index (χ2v) is 7.64. The minimum atomic E-state index is -1.23. The largest absolute Gasteiger partial charge is 0.481 e. The topological polar surface area (TPSA) is 116 Å². The molecule has 27 heavy (non-hydrogen) atoms. The Kier molecular flexibility index (Phi) is 5.58. The van der Waals surface area contributed by atoms with Crippen molar-refractivity contribution in [2.45, 2.75) is 51.6 Å². The van der Waals surface area contributed by atoms with E-state index >= 15 is 0 Å². The van der Waals surface area contributed by atoms with E-state index in [1.807, 2.05) is 19.1 Å². The molecular weight excluding hydrogens is 350 g/mol. The summed E-state index contributed by atoms with van der Waals surface area (Å²) >= 11 is 0. The Morgan fingerprint density at radius 1 is 1.22 bits per heavy atom. The van der Waals surface area contributed by atoms with Gasteiger partial charge in [-0.3, -0.25) is 19.3 Å². The van der Waals surface area contributed by atoms with Crippen molar-refractivity contribution in [3.05, 3.63) is 35.4 Å². The van der Waals surface area contributed by atoms with Crippen molar-refractivity contribution in [1.82, 2.24) is 15.5 Å². The van der Waals surface area contributed by atoms with Gasteiger partial charge in [-0.15, -0.1) is 0 Å². The van der Waals surface area contributed by atoms with E-state index < -0.39 is 41.4 Å². The average Bonchev–Trinajstić information content (AvgIpc) is 2.77. The van der Waals surface area contributed by atoms with Crippen LogP contribution < -0.4 is 10.6 Å². The highest BCUT2D eigenvalue weighted by Crippen LogP contribution is 2.28. The Morgan fingerprint density at radius 3 is 2.37 bits per heavy atom. The molecule has 1 saturated heterocycles. The van der Waals surface area contributed by atoms with Crippen molar-refractivity contribution in [2.24, 2.45) is 0 Å². The fourth-order valence-electron chi connectivity index (χ4n) is 2.97. The third-order valence-corrected chi connectivity index (χ3v) is 4.65. The third kappa shape index (κ3) is 4.64. The van der Waals surface area contributed by atoms with Crippen LogP contribution in [0.2, 0.25) is 0 Å². The van der Waals surface area contributed by atoms with Crippen molar-refractivity contribution in [3.63, 3.8) is 0 Å². The predicted octanol–water partition coefficient (Wildman–Crippen LogP) is 1.52. The number of imide groups is 1. The van der Waals surface area contributed by atoms with Crippen LogP contribution in [0.15, 0.2) is 24.3 Å². The van der Waals surface area contributed by atoms with Crippen molar-refractivity contribution in [1.29, 1.82) is 0 Å². The first-order valence-corrected chi connectivity index (χ1v) is 8.69. The maximum absolute atomic E-state index is 12.8. The van der Waals surface area contributed by atoms with E-state index in [1.54, 1.807) is 32.9 Å². The third-order valence-electron chi connectivity index (χ3n) is 4.65. The Hall–Kier alpha value is -2.90. The lowest BCUT2D eigenvalue weighted by Crippen LogP contribution is -2.49. The highest BCUT2D eigenvalue weighted by molar-refractivity contribution is 6.09. The number of amides is 4. The van der Waals surface area contributed by atoms with Gasteiger partial charge in [0.15, 0.2) is 0 Å². The summed E-state index contributed by atoms with van der Waals surface area (Å²) in [5, 5.41) is 14.1. The van der Waals surface area contributed by atoms with E-state index in [-0.39, 0.29) is 12.8 Å². The first kappa shape index (κ1) is 20.4. The minimum absolute atomic E-state index is 0.0953. The quantitative estimate of drug-likeness (QED) is 0.625. The van der Waals surface area contributed by atoms with Crippen LogP contribution >= 0.6 is 0 Å². The van der Waals surface area contributed by atoms with Crippen LogP contribution in [-0.4, -0.2) is 45.9 Å². The summed E-state index contributed by atoms with van der Waals surface area (Å²) in [4.78, 5) is 49.0. The van der Waals surface area contributed by atoms with Crippen molar-refractivity contribution in [3.8, 4) is 0 Å². The molecule has 8 nitrogen and oxygen atoms in total. The minimum Gasteiger partial charge on any atom is -0.481 e. The summed E-state index contributed by atoms with van der Waals surface area (Å²) in [6, 6.07) is 6.60. The molecule has 0 aliphatic carbocycles. The molecule has 1 aliphatic heterocycles. The number of benzene rings is 1. The van der Waals surface area contributed by atoms with Gasteiger partial charge < -0.3 is 15.7 Å². The lowest BCUT2D eigenvalue weighted by Gasteiger charge is -2.27. The summed E-state index contributed by atoms with van der Waals surface area (Å²) in [7, 11) is 0. The molecule has 8 heteroatoms. The van der Waals surface area contributed by atoms with Gasteiger partial charge in [0.1, 0.15) is 12.1 Å². The van der Waals surface area contributed by atoms with Gasteiger partial charge in [-0.25, -0.2) is 4.79 Å². The van der Waals surface area contributed by atoms with Gasteiger partial charge in [-0.1, -0.05) is 29.8 Å². The number of carbonyl (C=O) groups excluding carboxylic acids is 3. The van der Waals surface area contributed by atoms with E-state index in [0.717, 1.165) is 10.5 Å². The van der Waals surface area contributed by atoms with E-state index in [9.17, 15) is 19.2 Å². The lowest BCUT2D eigenvalue weighted by molar-refractivity contribution is -0.138. The molecule has 1 aliphatic rings. The molecule has 2 rings (SSSR count). The molecule has 1 aromatic carbocycles. The maximum atomic E-state index is 12.8. The summed E-state index contributed by atoms with van der Waals surface area (Å²) in [6.45, 7) is 6.48. The summed E-state index contributed by atoms with van der Waals surface area (Å²) < 4.78 is 0. The first-order chi connectivity index (χ1) is 12.4. The molecule has 1 atom stereocenters. The zero-order valence-electron chi connectivity index (χ0n) is 16.0. The van der Waals surface area contributed by atoms with E-state index in [2.05, 4.69) is 10.6 Å². The van der Waals surface area contributed by atoms with Gasteiger partial charge in [0.05, 0.1) is 0 Å². The Balaban J connectivity index is 2.07. The average molecular weight is 375 g/mol. The van der Waals surface area contributed by atoms with E-state index in [4.69, 9.17) is 5.11 Å². The molecule has 0 bridgehead atoms. The van der Waals surface area contributed by atoms with Gasteiger partial charge in [0.25, 0.3) is 5.91 Å². The number of hydrogen-bond acceptors (Lipinski definition) is 4. The number of carboxylic acid groups (broad SMARTS) is 1. The number of nitrogens with one attached hydrogen (secondary N) is 2. The molecule has 3 N–H and O–H groups in total. The lowest BCUT2D eigenvalue weighted by atomic mass is 9.91. The number of rotatable bonds is 7.